The highest BCUT2D eigenvalue weighted by Crippen LogP contribution is 2.30. The summed E-state index contributed by atoms with van der Waals surface area (Å²) in [6, 6.07) is 10.5. The van der Waals surface area contributed by atoms with Gasteiger partial charge in [0.15, 0.2) is 11.5 Å². The SMILES string of the molecule is COc1ccc(NC(=O)CN2C(=O)C(c3ccc(F)cc3)=NC2(C)C)cc1OC. The first kappa shape index (κ1) is 20.3. The smallest absolute Gasteiger partial charge is 0.275 e. The Hall–Kier alpha value is -3.42. The van der Waals surface area contributed by atoms with Crippen LogP contribution >= 0.6 is 0 Å². The third-order valence-electron chi connectivity index (χ3n) is 4.58. The first-order chi connectivity index (χ1) is 13.7. The maximum atomic E-state index is 13.2. The van der Waals surface area contributed by atoms with E-state index in [4.69, 9.17) is 9.47 Å². The fourth-order valence-electron chi connectivity index (χ4n) is 3.08. The summed E-state index contributed by atoms with van der Waals surface area (Å²) >= 11 is 0. The molecule has 0 saturated carbocycles. The summed E-state index contributed by atoms with van der Waals surface area (Å²) in [5.74, 6) is -0.146. The van der Waals surface area contributed by atoms with E-state index in [0.29, 0.717) is 22.7 Å². The molecule has 8 heteroatoms. The quantitative estimate of drug-likeness (QED) is 0.810. The third-order valence-corrected chi connectivity index (χ3v) is 4.58. The number of rotatable bonds is 6. The number of aliphatic imine (C=N–C) groups is 1. The molecule has 1 aliphatic heterocycles. The van der Waals surface area contributed by atoms with Crippen molar-refractivity contribution in [2.45, 2.75) is 19.5 Å². The number of carbonyl (C=O) groups excluding carboxylic acids is 2. The van der Waals surface area contributed by atoms with Crippen molar-refractivity contribution in [3.8, 4) is 11.5 Å². The van der Waals surface area contributed by atoms with Gasteiger partial charge in [-0.2, -0.15) is 0 Å². The van der Waals surface area contributed by atoms with E-state index in [-0.39, 0.29) is 24.1 Å². The van der Waals surface area contributed by atoms with Gasteiger partial charge in [0.25, 0.3) is 5.91 Å². The summed E-state index contributed by atoms with van der Waals surface area (Å²) < 4.78 is 23.6. The van der Waals surface area contributed by atoms with Crippen molar-refractivity contribution in [1.82, 2.24) is 4.90 Å². The molecular weight excluding hydrogens is 377 g/mol. The van der Waals surface area contributed by atoms with Crippen LogP contribution in [0.25, 0.3) is 0 Å². The van der Waals surface area contributed by atoms with Gasteiger partial charge in [-0.15, -0.1) is 0 Å². The van der Waals surface area contributed by atoms with Gasteiger partial charge < -0.3 is 19.7 Å². The zero-order chi connectivity index (χ0) is 21.2. The molecule has 152 valence electrons. The van der Waals surface area contributed by atoms with E-state index in [9.17, 15) is 14.0 Å². The molecule has 29 heavy (non-hydrogen) atoms. The lowest BCUT2D eigenvalue weighted by Gasteiger charge is -2.28. The summed E-state index contributed by atoms with van der Waals surface area (Å²) in [5, 5.41) is 2.75. The number of nitrogens with one attached hydrogen (secondary N) is 1. The Balaban J connectivity index is 1.74. The van der Waals surface area contributed by atoms with Crippen molar-refractivity contribution in [2.75, 3.05) is 26.1 Å². The van der Waals surface area contributed by atoms with Gasteiger partial charge in [-0.3, -0.25) is 14.6 Å². The molecule has 0 fully saturated rings. The van der Waals surface area contributed by atoms with Crippen molar-refractivity contribution in [3.05, 3.63) is 53.8 Å². The van der Waals surface area contributed by atoms with Gasteiger partial charge in [-0.1, -0.05) is 0 Å². The first-order valence-electron chi connectivity index (χ1n) is 8.95. The monoisotopic (exact) mass is 399 g/mol. The molecule has 1 heterocycles. The second-order valence-corrected chi connectivity index (χ2v) is 6.97. The average Bonchev–Trinajstić information content (AvgIpc) is 2.92. The second kappa shape index (κ2) is 7.90. The molecular formula is C21H22FN3O4. The van der Waals surface area contributed by atoms with Crippen LogP contribution < -0.4 is 14.8 Å². The fraction of sp³-hybridized carbons (Fsp3) is 0.286. The van der Waals surface area contributed by atoms with Crippen LogP contribution in [-0.4, -0.2) is 48.9 Å². The molecule has 0 atom stereocenters. The van der Waals surface area contributed by atoms with Gasteiger partial charge in [0.05, 0.1) is 14.2 Å². The number of halogens is 1. The molecule has 1 N–H and O–H groups in total. The van der Waals surface area contributed by atoms with E-state index in [2.05, 4.69) is 10.3 Å². The van der Waals surface area contributed by atoms with E-state index < -0.39 is 11.5 Å². The number of methoxy groups -OCH3 is 2. The minimum atomic E-state index is -0.907. The van der Waals surface area contributed by atoms with Crippen LogP contribution in [0.1, 0.15) is 19.4 Å². The Labute approximate surface area is 168 Å². The van der Waals surface area contributed by atoms with Crippen LogP contribution in [0.15, 0.2) is 47.5 Å². The number of amides is 2. The summed E-state index contributed by atoms with van der Waals surface area (Å²) in [4.78, 5) is 31.3. The van der Waals surface area contributed by atoms with Gasteiger partial charge in [-0.05, 0) is 50.2 Å². The summed E-state index contributed by atoms with van der Waals surface area (Å²) in [5.41, 5.74) is 0.313. The predicted molar refractivity (Wildman–Crippen MR) is 107 cm³/mol. The molecule has 2 amide bonds. The van der Waals surface area contributed by atoms with Crippen molar-refractivity contribution >= 4 is 23.2 Å². The number of benzene rings is 2. The zero-order valence-corrected chi connectivity index (χ0v) is 16.7. The maximum Gasteiger partial charge on any atom is 0.275 e. The molecule has 2 aromatic rings. The molecule has 1 aliphatic rings. The molecule has 0 aromatic heterocycles. The van der Waals surface area contributed by atoms with Gasteiger partial charge in [-0.25, -0.2) is 4.39 Å². The van der Waals surface area contributed by atoms with Crippen molar-refractivity contribution < 1.29 is 23.5 Å². The Morgan fingerprint density at radius 3 is 2.38 bits per heavy atom. The van der Waals surface area contributed by atoms with E-state index in [1.807, 2.05) is 0 Å². The average molecular weight is 399 g/mol. The number of carbonyl (C=O) groups is 2. The van der Waals surface area contributed by atoms with Crippen molar-refractivity contribution in [3.63, 3.8) is 0 Å². The standard InChI is InChI=1S/C21H22FN3O4/c1-21(2)24-19(13-5-7-14(22)8-6-13)20(27)25(21)12-18(26)23-15-9-10-16(28-3)17(11-15)29-4/h5-11H,12H2,1-4H3,(H,23,26). The van der Waals surface area contributed by atoms with Crippen LogP contribution in [0.5, 0.6) is 11.5 Å². The lowest BCUT2D eigenvalue weighted by Crippen LogP contribution is -2.46. The van der Waals surface area contributed by atoms with Crippen molar-refractivity contribution in [1.29, 1.82) is 0 Å². The number of hydrogen-bond donors (Lipinski definition) is 1. The topological polar surface area (TPSA) is 80.2 Å². The Kier molecular flexibility index (Phi) is 5.54. The summed E-state index contributed by atoms with van der Waals surface area (Å²) in [6.07, 6.45) is 0. The first-order valence-corrected chi connectivity index (χ1v) is 8.95. The molecule has 0 unspecified atom stereocenters. The number of nitrogens with zero attached hydrogens (tertiary/aromatic N) is 2. The third kappa shape index (κ3) is 4.21. The molecule has 0 spiro atoms. The number of hydrogen-bond acceptors (Lipinski definition) is 5. The van der Waals surface area contributed by atoms with Crippen LogP contribution in [0.2, 0.25) is 0 Å². The van der Waals surface area contributed by atoms with Crippen LogP contribution in [0.4, 0.5) is 10.1 Å². The lowest BCUT2D eigenvalue weighted by atomic mass is 10.1. The molecule has 3 rings (SSSR count). The fourth-order valence-corrected chi connectivity index (χ4v) is 3.08. The maximum absolute atomic E-state index is 13.2. The molecule has 7 nitrogen and oxygen atoms in total. The molecule has 0 radical (unpaired) electrons. The van der Waals surface area contributed by atoms with E-state index in [1.54, 1.807) is 32.0 Å². The highest BCUT2D eigenvalue weighted by molar-refractivity contribution is 6.47. The molecule has 0 saturated heterocycles. The molecule has 2 aromatic carbocycles. The molecule has 0 aliphatic carbocycles. The van der Waals surface area contributed by atoms with Gasteiger partial charge in [0.1, 0.15) is 23.7 Å². The number of anilines is 1. The zero-order valence-electron chi connectivity index (χ0n) is 16.7. The normalized spacial score (nSPS) is 15.1. The summed E-state index contributed by atoms with van der Waals surface area (Å²) in [6.45, 7) is 3.30. The Morgan fingerprint density at radius 2 is 1.76 bits per heavy atom. The van der Waals surface area contributed by atoms with Gasteiger partial charge in [0.2, 0.25) is 5.91 Å². The summed E-state index contributed by atoms with van der Waals surface area (Å²) in [7, 11) is 3.03. The number of ether oxygens (including phenoxy) is 2. The van der Waals surface area contributed by atoms with Crippen LogP contribution in [0.3, 0.4) is 0 Å². The predicted octanol–water partition coefficient (Wildman–Crippen LogP) is 2.85. The van der Waals surface area contributed by atoms with Crippen LogP contribution in [0, 0.1) is 5.82 Å². The van der Waals surface area contributed by atoms with E-state index >= 15 is 0 Å². The van der Waals surface area contributed by atoms with E-state index in [1.165, 1.54) is 43.4 Å². The minimum Gasteiger partial charge on any atom is -0.493 e. The van der Waals surface area contributed by atoms with Gasteiger partial charge >= 0.3 is 0 Å². The largest absolute Gasteiger partial charge is 0.493 e. The van der Waals surface area contributed by atoms with Crippen molar-refractivity contribution in [2.24, 2.45) is 4.99 Å². The highest BCUT2D eigenvalue weighted by atomic mass is 19.1. The lowest BCUT2D eigenvalue weighted by molar-refractivity contribution is -0.131. The Bertz CT molecular complexity index is 970. The minimum absolute atomic E-state index is 0.186. The van der Waals surface area contributed by atoms with Crippen LogP contribution in [-0.2, 0) is 9.59 Å². The Morgan fingerprint density at radius 1 is 1.10 bits per heavy atom. The molecule has 0 bridgehead atoms. The second-order valence-electron chi connectivity index (χ2n) is 6.97. The highest BCUT2D eigenvalue weighted by Gasteiger charge is 2.41. The van der Waals surface area contributed by atoms with Gasteiger partial charge in [0, 0.05) is 17.3 Å². The van der Waals surface area contributed by atoms with E-state index in [0.717, 1.165) is 0 Å².